The molecule has 0 radical (unpaired) electrons. The van der Waals surface area contributed by atoms with Crippen LogP contribution >= 0.6 is 0 Å². The average Bonchev–Trinajstić information content (AvgIpc) is 1.78. The number of rotatable bonds is 4. The van der Waals surface area contributed by atoms with E-state index >= 15 is 0 Å². The summed E-state index contributed by atoms with van der Waals surface area (Å²) in [6.45, 7) is 5.01. The molecule has 0 unspecified atom stereocenters. The summed E-state index contributed by atoms with van der Waals surface area (Å²) in [4.78, 5) is 0. The van der Waals surface area contributed by atoms with E-state index in [0.717, 1.165) is 0 Å². The van der Waals surface area contributed by atoms with Crippen molar-refractivity contribution < 1.29 is 4.74 Å². The van der Waals surface area contributed by atoms with Gasteiger partial charge in [-0.2, -0.15) is 0 Å². The van der Waals surface area contributed by atoms with Crippen molar-refractivity contribution in [2.24, 2.45) is 5.73 Å². The number of hydrogen-bond acceptors (Lipinski definition) is 2. The molecule has 0 aromatic rings. The first-order chi connectivity index (χ1) is 4.56. The van der Waals surface area contributed by atoms with Gasteiger partial charge < -0.3 is 10.5 Å². The van der Waals surface area contributed by atoms with Gasteiger partial charge in [0.05, 0.1) is 13.2 Å². The molecule has 2 N–H and O–H groups in total. The summed E-state index contributed by atoms with van der Waals surface area (Å²) in [5, 5.41) is 0. The molecule has 0 fully saturated rings. The van der Waals surface area contributed by atoms with Gasteiger partial charge in [-0.25, -0.2) is 0 Å². The van der Waals surface area contributed by atoms with Crippen LogP contribution in [0.4, 0.5) is 0 Å². The van der Waals surface area contributed by atoms with Crippen molar-refractivity contribution in [2.45, 2.75) is 25.8 Å². The lowest BCUT2D eigenvalue weighted by molar-refractivity contribution is 0.102. The summed E-state index contributed by atoms with van der Waals surface area (Å²) in [6.07, 6.45) is 5.68. The molecule has 58 valence electrons. The van der Waals surface area contributed by atoms with Gasteiger partial charge in [0.1, 0.15) is 0 Å². The van der Waals surface area contributed by atoms with E-state index in [0.29, 0.717) is 19.6 Å². The Morgan fingerprint density at radius 1 is 1.60 bits per heavy atom. The zero-order valence-corrected chi connectivity index (χ0v) is 6.68. The highest BCUT2D eigenvalue weighted by Crippen LogP contribution is 1.96. The predicted octanol–water partition coefficient (Wildman–Crippen LogP) is 0.764. The molecule has 2 nitrogen and oxygen atoms in total. The van der Waals surface area contributed by atoms with Crippen molar-refractivity contribution in [3.8, 4) is 12.3 Å². The number of hydrogen-bond donors (Lipinski definition) is 1. The van der Waals surface area contributed by atoms with Crippen LogP contribution in [0.2, 0.25) is 0 Å². The maximum absolute atomic E-state index is 5.64. The minimum atomic E-state index is -0.241. The number of terminal acetylenes is 1. The van der Waals surface area contributed by atoms with Gasteiger partial charge in [-0.3, -0.25) is 0 Å². The van der Waals surface area contributed by atoms with Gasteiger partial charge in [-0.05, 0) is 13.8 Å². The summed E-state index contributed by atoms with van der Waals surface area (Å²) in [7, 11) is 0. The van der Waals surface area contributed by atoms with Crippen molar-refractivity contribution in [1.29, 1.82) is 0 Å². The minimum Gasteiger partial charge on any atom is -0.379 e. The molecule has 10 heavy (non-hydrogen) atoms. The Bertz CT molecular complexity index is 118. The van der Waals surface area contributed by atoms with Crippen LogP contribution in [-0.2, 0) is 4.74 Å². The van der Waals surface area contributed by atoms with Crippen molar-refractivity contribution in [3.05, 3.63) is 0 Å². The third kappa shape index (κ3) is 7.48. The first kappa shape index (κ1) is 9.48. The summed E-state index contributed by atoms with van der Waals surface area (Å²) < 4.78 is 5.17. The predicted molar refractivity (Wildman–Crippen MR) is 42.5 cm³/mol. The largest absolute Gasteiger partial charge is 0.379 e. The molecule has 0 aromatic heterocycles. The van der Waals surface area contributed by atoms with Gasteiger partial charge >= 0.3 is 0 Å². The van der Waals surface area contributed by atoms with Crippen LogP contribution in [0, 0.1) is 12.3 Å². The molecular weight excluding hydrogens is 126 g/mol. The van der Waals surface area contributed by atoms with Crippen LogP contribution in [0.25, 0.3) is 0 Å². The molecule has 2 heteroatoms. The molecule has 0 bridgehead atoms. The molecule has 0 atom stereocenters. The molecule has 0 spiro atoms. The monoisotopic (exact) mass is 141 g/mol. The third-order valence-corrected chi connectivity index (χ3v) is 0.865. The van der Waals surface area contributed by atoms with E-state index < -0.39 is 0 Å². The highest BCUT2D eigenvalue weighted by molar-refractivity contribution is 4.83. The van der Waals surface area contributed by atoms with E-state index in [9.17, 15) is 0 Å². The maximum Gasteiger partial charge on any atom is 0.0641 e. The molecule has 0 heterocycles. The Hall–Kier alpha value is -0.520. The topological polar surface area (TPSA) is 35.2 Å². The fourth-order valence-electron chi connectivity index (χ4n) is 0.466. The molecule has 0 saturated heterocycles. The SMILES string of the molecule is C#CCCOCC(C)(C)N. The average molecular weight is 141 g/mol. The van der Waals surface area contributed by atoms with Crippen molar-refractivity contribution in [2.75, 3.05) is 13.2 Å². The Morgan fingerprint density at radius 2 is 2.20 bits per heavy atom. The first-order valence-electron chi connectivity index (χ1n) is 3.36. The van der Waals surface area contributed by atoms with E-state index in [-0.39, 0.29) is 5.54 Å². The molecular formula is C8H15NO. The lowest BCUT2D eigenvalue weighted by atomic mass is 10.1. The highest BCUT2D eigenvalue weighted by Gasteiger charge is 2.09. The fraction of sp³-hybridized carbons (Fsp3) is 0.750. The second kappa shape index (κ2) is 4.32. The summed E-state index contributed by atoms with van der Waals surface area (Å²) in [5.74, 6) is 2.49. The zero-order chi connectivity index (χ0) is 8.04. The lowest BCUT2D eigenvalue weighted by Crippen LogP contribution is -2.37. The first-order valence-corrected chi connectivity index (χ1v) is 3.36. The molecule has 0 rings (SSSR count). The number of nitrogens with two attached hydrogens (primary N) is 1. The van der Waals surface area contributed by atoms with E-state index in [4.69, 9.17) is 16.9 Å². The lowest BCUT2D eigenvalue weighted by Gasteiger charge is -2.17. The standard InChI is InChI=1S/C8H15NO/c1-4-5-6-10-7-8(2,3)9/h1H,5-7,9H2,2-3H3. The van der Waals surface area contributed by atoms with Gasteiger partial charge in [-0.1, -0.05) is 0 Å². The van der Waals surface area contributed by atoms with Crippen LogP contribution in [0.3, 0.4) is 0 Å². The van der Waals surface area contributed by atoms with Gasteiger partial charge in [0.2, 0.25) is 0 Å². The molecule has 0 saturated carbocycles. The van der Waals surface area contributed by atoms with Crippen LogP contribution in [0.1, 0.15) is 20.3 Å². The van der Waals surface area contributed by atoms with Crippen LogP contribution in [0.15, 0.2) is 0 Å². The van der Waals surface area contributed by atoms with Crippen LogP contribution in [0.5, 0.6) is 0 Å². The Morgan fingerprint density at radius 3 is 2.60 bits per heavy atom. The van der Waals surface area contributed by atoms with E-state index in [2.05, 4.69) is 5.92 Å². The van der Waals surface area contributed by atoms with Crippen LogP contribution in [-0.4, -0.2) is 18.8 Å². The zero-order valence-electron chi connectivity index (χ0n) is 6.68. The Kier molecular flexibility index (Phi) is 4.10. The molecule has 0 aliphatic heterocycles. The van der Waals surface area contributed by atoms with Crippen LogP contribution < -0.4 is 5.73 Å². The van der Waals surface area contributed by atoms with Crippen molar-refractivity contribution in [3.63, 3.8) is 0 Å². The second-order valence-corrected chi connectivity index (χ2v) is 3.00. The summed E-state index contributed by atoms with van der Waals surface area (Å²) in [5.41, 5.74) is 5.40. The minimum absolute atomic E-state index is 0.241. The Labute approximate surface area is 62.7 Å². The summed E-state index contributed by atoms with van der Waals surface area (Å²) >= 11 is 0. The van der Waals surface area contributed by atoms with Gasteiger partial charge in [-0.15, -0.1) is 12.3 Å². The molecule has 0 aliphatic carbocycles. The van der Waals surface area contributed by atoms with Gasteiger partial charge in [0.25, 0.3) is 0 Å². The quantitative estimate of drug-likeness (QED) is 0.463. The van der Waals surface area contributed by atoms with Gasteiger partial charge in [0, 0.05) is 12.0 Å². The van der Waals surface area contributed by atoms with Crippen molar-refractivity contribution >= 4 is 0 Å². The van der Waals surface area contributed by atoms with E-state index in [1.807, 2.05) is 13.8 Å². The molecule has 0 aliphatic rings. The van der Waals surface area contributed by atoms with Crippen molar-refractivity contribution in [1.82, 2.24) is 0 Å². The molecule has 0 aromatic carbocycles. The highest BCUT2D eigenvalue weighted by atomic mass is 16.5. The normalized spacial score (nSPS) is 11.0. The second-order valence-electron chi connectivity index (χ2n) is 3.00. The smallest absolute Gasteiger partial charge is 0.0641 e. The summed E-state index contributed by atoms with van der Waals surface area (Å²) in [6, 6.07) is 0. The fourth-order valence-corrected chi connectivity index (χ4v) is 0.466. The maximum atomic E-state index is 5.64. The van der Waals surface area contributed by atoms with E-state index in [1.165, 1.54) is 0 Å². The molecule has 0 amide bonds. The third-order valence-electron chi connectivity index (χ3n) is 0.865. The van der Waals surface area contributed by atoms with Gasteiger partial charge in [0.15, 0.2) is 0 Å². The Balaban J connectivity index is 3.14. The number of ether oxygens (including phenoxy) is 1. The van der Waals surface area contributed by atoms with E-state index in [1.54, 1.807) is 0 Å².